The number of ether oxygens (including phenoxy) is 1. The van der Waals surface area contributed by atoms with Gasteiger partial charge in [0.15, 0.2) is 5.65 Å². The first-order chi connectivity index (χ1) is 22.0. The molecule has 0 radical (unpaired) electrons. The van der Waals surface area contributed by atoms with Crippen LogP contribution in [0.2, 0.25) is 0 Å². The van der Waals surface area contributed by atoms with Crippen molar-refractivity contribution in [2.45, 2.75) is 43.8 Å². The van der Waals surface area contributed by atoms with E-state index in [0.29, 0.717) is 12.6 Å². The summed E-state index contributed by atoms with van der Waals surface area (Å²) >= 11 is 3.42. The lowest BCUT2D eigenvalue weighted by molar-refractivity contribution is -0.193. The number of rotatable bonds is 7. The van der Waals surface area contributed by atoms with Gasteiger partial charge >= 0.3 is 24.3 Å². The summed E-state index contributed by atoms with van der Waals surface area (Å²) in [5.74, 6) is -4.04. The number of pyridine rings is 2. The molecule has 3 aromatic heterocycles. The number of carboxylic acids is 2. The summed E-state index contributed by atoms with van der Waals surface area (Å²) in [6.45, 7) is 1.81. The number of alkyl halides is 6. The lowest BCUT2D eigenvalue weighted by atomic mass is 9.96. The van der Waals surface area contributed by atoms with Crippen LogP contribution in [0, 0.1) is 0 Å². The number of fused-ring (bicyclic) bond motifs is 1. The van der Waals surface area contributed by atoms with Gasteiger partial charge < -0.3 is 25.0 Å². The van der Waals surface area contributed by atoms with Gasteiger partial charge in [-0.1, -0.05) is 12.5 Å². The van der Waals surface area contributed by atoms with E-state index in [1.54, 1.807) is 12.4 Å². The Morgan fingerprint density at radius 3 is 2.23 bits per heavy atom. The molecule has 0 saturated carbocycles. The molecule has 47 heavy (non-hydrogen) atoms. The number of aliphatic hydroxyl groups is 1. The van der Waals surface area contributed by atoms with Gasteiger partial charge in [-0.25, -0.2) is 19.6 Å². The second-order valence-corrected chi connectivity index (χ2v) is 10.9. The number of benzene rings is 1. The zero-order chi connectivity index (χ0) is 34.8. The predicted octanol–water partition coefficient (Wildman–Crippen LogP) is 6.02. The van der Waals surface area contributed by atoms with Gasteiger partial charge in [-0.2, -0.15) is 26.3 Å². The number of aromatic amines is 1. The topological polar surface area (TPSA) is 162 Å². The molecule has 4 heterocycles. The highest BCUT2D eigenvalue weighted by molar-refractivity contribution is 9.10. The summed E-state index contributed by atoms with van der Waals surface area (Å²) in [7, 11) is 0. The Balaban J connectivity index is 0.000000360. The Hall–Kier alpha value is -4.29. The van der Waals surface area contributed by atoms with Crippen LogP contribution in [0.5, 0.6) is 5.75 Å². The molecule has 0 spiro atoms. The highest BCUT2D eigenvalue weighted by Crippen LogP contribution is 2.30. The van der Waals surface area contributed by atoms with Crippen LogP contribution in [0.4, 0.5) is 26.3 Å². The number of aliphatic hydroxyl groups excluding tert-OH is 1. The van der Waals surface area contributed by atoms with Crippen molar-refractivity contribution in [2.75, 3.05) is 19.7 Å². The number of aromatic nitrogens is 4. The molecule has 4 N–H and O–H groups in total. The first kappa shape index (κ1) is 37.2. The third-order valence-corrected chi connectivity index (χ3v) is 6.92. The normalized spacial score (nSPS) is 15.9. The molecular weight excluding hydrogens is 708 g/mol. The van der Waals surface area contributed by atoms with Crippen LogP contribution in [0.15, 0.2) is 65.5 Å². The minimum absolute atomic E-state index is 0.248. The second-order valence-electron chi connectivity index (χ2n) is 9.99. The lowest BCUT2D eigenvalue weighted by Crippen LogP contribution is -2.40. The van der Waals surface area contributed by atoms with E-state index in [2.05, 4.69) is 46.8 Å². The van der Waals surface area contributed by atoms with Crippen molar-refractivity contribution in [3.63, 3.8) is 0 Å². The SMILES string of the molecule is O=C(O)C(F)(F)F.O=C(O)C(F)(F)F.OC(COc1ccc(-c2nc3cc(Br)cnc3[nH]2)cc1)CN1CCCCC1c1cccnc1. The average molecular weight is 736 g/mol. The van der Waals surface area contributed by atoms with Crippen LogP contribution < -0.4 is 4.74 Å². The fraction of sp³-hybridized carbons (Fsp3) is 0.345. The van der Waals surface area contributed by atoms with Crippen LogP contribution >= 0.6 is 15.9 Å². The number of imidazole rings is 1. The van der Waals surface area contributed by atoms with Gasteiger partial charge in [0, 0.05) is 41.2 Å². The fourth-order valence-corrected chi connectivity index (χ4v) is 4.71. The van der Waals surface area contributed by atoms with E-state index in [9.17, 15) is 31.4 Å². The molecule has 2 unspecified atom stereocenters. The van der Waals surface area contributed by atoms with Gasteiger partial charge in [0.2, 0.25) is 0 Å². The minimum atomic E-state index is -5.08. The van der Waals surface area contributed by atoms with Crippen molar-refractivity contribution in [1.29, 1.82) is 0 Å². The highest BCUT2D eigenvalue weighted by Gasteiger charge is 2.39. The van der Waals surface area contributed by atoms with E-state index < -0.39 is 30.4 Å². The number of aliphatic carboxylic acids is 2. The quantitative estimate of drug-likeness (QED) is 0.165. The van der Waals surface area contributed by atoms with Crippen molar-refractivity contribution in [3.8, 4) is 17.1 Å². The number of β-amino-alcohol motifs (C(OH)–C–C–N with tert-alkyl or cyclic N) is 1. The number of carbonyl (C=O) groups is 2. The van der Waals surface area contributed by atoms with Gasteiger partial charge in [0.25, 0.3) is 0 Å². The third kappa shape index (κ3) is 11.8. The Kier molecular flexibility index (Phi) is 13.1. The summed E-state index contributed by atoms with van der Waals surface area (Å²) in [5.41, 5.74) is 3.72. The standard InChI is InChI=1S/C25H26BrN5O2.2C2HF3O2/c26-19-12-22-25(28-14-19)30-24(29-22)17-6-8-21(9-7-17)33-16-20(32)15-31-11-2-1-5-23(31)18-4-3-10-27-13-18;2*3-2(4,5)1(6)7/h3-4,6-10,12-14,20,23,32H,1-2,5,11,15-16H2,(H,28,29,30);2*(H,6,7). The first-order valence-electron chi connectivity index (χ1n) is 13.7. The molecule has 254 valence electrons. The first-order valence-corrected chi connectivity index (χ1v) is 14.5. The van der Waals surface area contributed by atoms with Crippen molar-refractivity contribution < 1.29 is 56.0 Å². The summed E-state index contributed by atoms with van der Waals surface area (Å²) < 4.78 is 70.2. The van der Waals surface area contributed by atoms with E-state index in [1.807, 2.05) is 42.6 Å². The molecule has 5 rings (SSSR count). The Morgan fingerprint density at radius 1 is 1.02 bits per heavy atom. The van der Waals surface area contributed by atoms with Gasteiger partial charge in [-0.3, -0.25) is 9.88 Å². The Labute approximate surface area is 271 Å². The monoisotopic (exact) mass is 735 g/mol. The van der Waals surface area contributed by atoms with E-state index in [1.165, 1.54) is 12.0 Å². The zero-order valence-corrected chi connectivity index (χ0v) is 25.8. The van der Waals surface area contributed by atoms with Crippen LogP contribution in [0.1, 0.15) is 30.9 Å². The summed E-state index contributed by atoms with van der Waals surface area (Å²) in [6.07, 6.45) is -1.81. The maximum absolute atomic E-state index is 10.7. The van der Waals surface area contributed by atoms with Crippen molar-refractivity contribution in [3.05, 3.63) is 71.1 Å². The number of nitrogens with one attached hydrogen (secondary N) is 1. The third-order valence-electron chi connectivity index (χ3n) is 6.49. The lowest BCUT2D eigenvalue weighted by Gasteiger charge is -2.37. The molecule has 1 saturated heterocycles. The number of H-pyrrole nitrogens is 1. The van der Waals surface area contributed by atoms with Crippen molar-refractivity contribution >= 4 is 39.0 Å². The van der Waals surface area contributed by atoms with Crippen LogP contribution in [-0.4, -0.2) is 90.2 Å². The number of halogens is 7. The number of hydrogen-bond acceptors (Lipinski definition) is 8. The molecule has 0 aliphatic carbocycles. The number of nitrogens with zero attached hydrogens (tertiary/aromatic N) is 4. The number of likely N-dealkylation sites (tertiary alicyclic amines) is 1. The van der Waals surface area contributed by atoms with Crippen molar-refractivity contribution in [2.24, 2.45) is 0 Å². The maximum atomic E-state index is 10.7. The molecule has 0 amide bonds. The second kappa shape index (κ2) is 16.5. The van der Waals surface area contributed by atoms with Gasteiger partial charge in [0.05, 0.1) is 0 Å². The minimum Gasteiger partial charge on any atom is -0.491 e. The molecule has 11 nitrogen and oxygen atoms in total. The predicted molar refractivity (Wildman–Crippen MR) is 158 cm³/mol. The van der Waals surface area contributed by atoms with Gasteiger partial charge in [-0.05, 0) is 77.3 Å². The molecule has 0 bridgehead atoms. The molecule has 1 aliphatic rings. The number of hydrogen-bond donors (Lipinski definition) is 4. The molecule has 18 heteroatoms. The van der Waals surface area contributed by atoms with E-state index in [-0.39, 0.29) is 6.61 Å². The van der Waals surface area contributed by atoms with Crippen LogP contribution in [-0.2, 0) is 9.59 Å². The van der Waals surface area contributed by atoms with Gasteiger partial charge in [0.1, 0.15) is 29.8 Å². The Bertz CT molecular complexity index is 1580. The van der Waals surface area contributed by atoms with E-state index in [0.717, 1.165) is 52.2 Å². The molecule has 1 fully saturated rings. The fourth-order valence-electron chi connectivity index (χ4n) is 4.39. The summed E-state index contributed by atoms with van der Waals surface area (Å²) in [6, 6.07) is 14.1. The Morgan fingerprint density at radius 2 is 1.66 bits per heavy atom. The maximum Gasteiger partial charge on any atom is 0.490 e. The van der Waals surface area contributed by atoms with Crippen LogP contribution in [0.25, 0.3) is 22.6 Å². The largest absolute Gasteiger partial charge is 0.491 e. The number of piperidine rings is 1. The number of carboxylic acid groups (broad SMARTS) is 2. The molecule has 2 atom stereocenters. The zero-order valence-electron chi connectivity index (χ0n) is 24.2. The summed E-state index contributed by atoms with van der Waals surface area (Å²) in [4.78, 5) is 36.6. The van der Waals surface area contributed by atoms with Crippen molar-refractivity contribution in [1.82, 2.24) is 24.8 Å². The smallest absolute Gasteiger partial charge is 0.490 e. The molecular formula is C29H28BrF6N5O6. The van der Waals surface area contributed by atoms with Crippen LogP contribution in [0.3, 0.4) is 0 Å². The molecule has 1 aliphatic heterocycles. The van der Waals surface area contributed by atoms with E-state index >= 15 is 0 Å². The average Bonchev–Trinajstić information content (AvgIpc) is 3.44. The summed E-state index contributed by atoms with van der Waals surface area (Å²) in [5, 5.41) is 24.9. The van der Waals surface area contributed by atoms with E-state index in [4.69, 9.17) is 24.5 Å². The highest BCUT2D eigenvalue weighted by atomic mass is 79.9. The molecule has 1 aromatic carbocycles. The molecule has 4 aromatic rings. The van der Waals surface area contributed by atoms with Gasteiger partial charge in [-0.15, -0.1) is 0 Å².